The Balaban J connectivity index is 3.33. The van der Waals surface area contributed by atoms with Crippen molar-refractivity contribution in [3.05, 3.63) is 24.3 Å². The van der Waals surface area contributed by atoms with Crippen LogP contribution >= 0.6 is 0 Å². The molecule has 0 amide bonds. The number of hydrogen-bond donors (Lipinski definition) is 1. The number of allylic oxidation sites excluding steroid dienone is 3. The minimum absolute atomic E-state index is 0.00749. The van der Waals surface area contributed by atoms with Gasteiger partial charge in [-0.25, -0.2) is 4.79 Å². The molecule has 210 valence electrons. The highest BCUT2D eigenvalue weighted by Gasteiger charge is 2.47. The molecule has 0 aromatic carbocycles. The van der Waals surface area contributed by atoms with Gasteiger partial charge in [0.1, 0.15) is 5.60 Å². The average molecular weight is 526 g/mol. The summed E-state index contributed by atoms with van der Waals surface area (Å²) in [5, 5.41) is 13.4. The Morgan fingerprint density at radius 1 is 1.03 bits per heavy atom. The standard InChI is InChI=1S/C29H55NO5Si/c1-14-15-16-18-22(35-36(12,13)27(5,6)7)21-23(31)24(25(32)33-26(2,3)4)34-30-28(8,9)19-17-20-29(30,10)11/h14-16,18,22-24,31H,17,19-21H2,1-13H3/b15-14+,18-16+. The quantitative estimate of drug-likeness (QED) is 0.189. The highest BCUT2D eigenvalue weighted by molar-refractivity contribution is 6.74. The monoisotopic (exact) mass is 525 g/mol. The van der Waals surface area contributed by atoms with Crippen LogP contribution < -0.4 is 0 Å². The summed E-state index contributed by atoms with van der Waals surface area (Å²) in [5.74, 6) is -0.560. The highest BCUT2D eigenvalue weighted by Crippen LogP contribution is 2.40. The molecule has 36 heavy (non-hydrogen) atoms. The molecule has 1 rings (SSSR count). The van der Waals surface area contributed by atoms with E-state index in [9.17, 15) is 9.90 Å². The van der Waals surface area contributed by atoms with Gasteiger partial charge in [-0.3, -0.25) is 4.84 Å². The summed E-state index contributed by atoms with van der Waals surface area (Å²) in [6.45, 7) is 26.9. The lowest BCUT2D eigenvalue weighted by molar-refractivity contribution is -0.315. The molecule has 1 heterocycles. The molecule has 1 N–H and O–H groups in total. The molecule has 1 aliphatic heterocycles. The molecule has 0 aromatic heterocycles. The zero-order valence-corrected chi connectivity index (χ0v) is 26.4. The van der Waals surface area contributed by atoms with E-state index in [4.69, 9.17) is 14.0 Å². The van der Waals surface area contributed by atoms with Crippen LogP contribution in [0.25, 0.3) is 0 Å². The van der Waals surface area contributed by atoms with Gasteiger partial charge in [0.2, 0.25) is 6.10 Å². The van der Waals surface area contributed by atoms with Gasteiger partial charge in [-0.1, -0.05) is 45.1 Å². The first-order valence-corrected chi connectivity index (χ1v) is 16.4. The zero-order chi connectivity index (χ0) is 28.2. The first-order chi connectivity index (χ1) is 16.1. The van der Waals surface area contributed by atoms with Gasteiger partial charge in [0.25, 0.3) is 0 Å². The van der Waals surface area contributed by atoms with Crippen molar-refractivity contribution in [1.29, 1.82) is 0 Å². The molecule has 0 spiro atoms. The molecule has 3 unspecified atom stereocenters. The maximum atomic E-state index is 13.4. The van der Waals surface area contributed by atoms with E-state index < -0.39 is 32.1 Å². The topological polar surface area (TPSA) is 68.2 Å². The molecular formula is C29H55NO5Si. The third-order valence-corrected chi connectivity index (χ3v) is 11.7. The first kappa shape index (κ1) is 33.0. The molecule has 0 radical (unpaired) electrons. The Kier molecular flexibility index (Phi) is 11.2. The molecule has 1 fully saturated rings. The van der Waals surface area contributed by atoms with E-state index in [2.05, 4.69) is 61.6 Å². The van der Waals surface area contributed by atoms with Crippen LogP contribution in [0, 0.1) is 0 Å². The fraction of sp³-hybridized carbons (Fsp3) is 0.828. The van der Waals surface area contributed by atoms with E-state index in [0.29, 0.717) is 0 Å². The summed E-state index contributed by atoms with van der Waals surface area (Å²) in [6, 6.07) is 0. The fourth-order valence-electron chi connectivity index (χ4n) is 4.39. The predicted octanol–water partition coefficient (Wildman–Crippen LogP) is 6.95. The average Bonchev–Trinajstić information content (AvgIpc) is 2.64. The minimum atomic E-state index is -2.14. The number of ether oxygens (including phenoxy) is 1. The number of nitrogens with zero attached hydrogens (tertiary/aromatic N) is 1. The van der Waals surface area contributed by atoms with E-state index in [1.165, 1.54) is 0 Å². The summed E-state index contributed by atoms with van der Waals surface area (Å²) in [6.07, 6.45) is 8.32. The van der Waals surface area contributed by atoms with Gasteiger partial charge in [-0.2, -0.15) is 5.06 Å². The van der Waals surface area contributed by atoms with Gasteiger partial charge in [0, 0.05) is 17.5 Å². The highest BCUT2D eigenvalue weighted by atomic mass is 28.4. The van der Waals surface area contributed by atoms with Crippen LogP contribution in [-0.2, 0) is 18.8 Å². The first-order valence-electron chi connectivity index (χ1n) is 13.5. The second-order valence-corrected chi connectivity index (χ2v) is 18.7. The number of esters is 1. The van der Waals surface area contributed by atoms with E-state index in [1.54, 1.807) is 0 Å². The Bertz CT molecular complexity index is 758. The maximum Gasteiger partial charge on any atom is 0.340 e. The second-order valence-electron chi connectivity index (χ2n) is 14.0. The Labute approximate surface area is 222 Å². The van der Waals surface area contributed by atoms with Crippen LogP contribution in [0.5, 0.6) is 0 Å². The Hall–Kier alpha value is -0.993. The molecular weight excluding hydrogens is 470 g/mol. The van der Waals surface area contributed by atoms with Crippen molar-refractivity contribution >= 4 is 14.3 Å². The van der Waals surface area contributed by atoms with E-state index in [1.807, 2.05) is 57.1 Å². The van der Waals surface area contributed by atoms with Crippen molar-refractivity contribution in [3.8, 4) is 0 Å². The van der Waals surface area contributed by atoms with Gasteiger partial charge in [0.15, 0.2) is 8.32 Å². The van der Waals surface area contributed by atoms with Crippen molar-refractivity contribution in [2.75, 3.05) is 0 Å². The van der Waals surface area contributed by atoms with Crippen LogP contribution in [0.2, 0.25) is 18.1 Å². The summed E-state index contributed by atoms with van der Waals surface area (Å²) < 4.78 is 12.4. The normalized spacial score (nSPS) is 22.1. The van der Waals surface area contributed by atoms with Crippen molar-refractivity contribution in [1.82, 2.24) is 5.06 Å². The lowest BCUT2D eigenvalue weighted by Crippen LogP contribution is -2.61. The molecule has 3 atom stereocenters. The smallest absolute Gasteiger partial charge is 0.340 e. The largest absolute Gasteiger partial charge is 0.458 e. The Morgan fingerprint density at radius 2 is 1.56 bits per heavy atom. The SMILES string of the molecule is C/C=C/C=C/C(CC(O)C(ON1C(C)(C)CCCC1(C)C)C(=O)OC(C)(C)C)O[Si](C)(C)C(C)(C)C. The second kappa shape index (κ2) is 12.2. The van der Waals surface area contributed by atoms with E-state index >= 15 is 0 Å². The number of piperidine rings is 1. The summed E-state index contributed by atoms with van der Waals surface area (Å²) in [4.78, 5) is 19.8. The van der Waals surface area contributed by atoms with Gasteiger partial charge < -0.3 is 14.3 Å². The van der Waals surface area contributed by atoms with Gasteiger partial charge in [0.05, 0.1) is 12.2 Å². The lowest BCUT2D eigenvalue weighted by Gasteiger charge is -2.52. The van der Waals surface area contributed by atoms with Crippen molar-refractivity contribution in [2.45, 2.75) is 155 Å². The molecule has 6 nitrogen and oxygen atoms in total. The molecule has 0 aromatic rings. The Morgan fingerprint density at radius 3 is 2.00 bits per heavy atom. The summed E-state index contributed by atoms with van der Waals surface area (Å²) in [5.41, 5.74) is -1.27. The summed E-state index contributed by atoms with van der Waals surface area (Å²) in [7, 11) is -2.14. The fourth-order valence-corrected chi connectivity index (χ4v) is 5.67. The molecule has 1 aliphatic rings. The van der Waals surface area contributed by atoms with E-state index in [0.717, 1.165) is 19.3 Å². The van der Waals surface area contributed by atoms with Crippen molar-refractivity contribution in [3.63, 3.8) is 0 Å². The van der Waals surface area contributed by atoms with Crippen LogP contribution in [0.4, 0.5) is 0 Å². The molecule has 1 saturated heterocycles. The number of hydrogen-bond acceptors (Lipinski definition) is 6. The molecule has 7 heteroatoms. The number of carbonyl (C=O) groups excluding carboxylic acids is 1. The number of aliphatic hydroxyl groups excluding tert-OH is 1. The number of carbonyl (C=O) groups is 1. The minimum Gasteiger partial charge on any atom is -0.458 e. The molecule has 0 saturated carbocycles. The van der Waals surface area contributed by atoms with Crippen molar-refractivity contribution in [2.24, 2.45) is 0 Å². The molecule has 0 aliphatic carbocycles. The molecule has 0 bridgehead atoms. The number of aliphatic hydroxyl groups is 1. The van der Waals surface area contributed by atoms with Crippen LogP contribution in [0.15, 0.2) is 24.3 Å². The van der Waals surface area contributed by atoms with Crippen LogP contribution in [0.1, 0.15) is 102 Å². The van der Waals surface area contributed by atoms with E-state index in [-0.39, 0.29) is 28.6 Å². The van der Waals surface area contributed by atoms with Gasteiger partial charge in [-0.15, -0.1) is 0 Å². The maximum absolute atomic E-state index is 13.4. The van der Waals surface area contributed by atoms with Crippen molar-refractivity contribution < 1.29 is 23.9 Å². The zero-order valence-electron chi connectivity index (χ0n) is 25.4. The van der Waals surface area contributed by atoms with Crippen LogP contribution in [0.3, 0.4) is 0 Å². The predicted molar refractivity (Wildman–Crippen MR) is 151 cm³/mol. The number of rotatable bonds is 10. The third kappa shape index (κ3) is 9.71. The lowest BCUT2D eigenvalue weighted by atomic mass is 9.82. The summed E-state index contributed by atoms with van der Waals surface area (Å²) >= 11 is 0. The number of hydroxylamine groups is 2. The van der Waals surface area contributed by atoms with Gasteiger partial charge in [-0.05, 0) is 92.8 Å². The third-order valence-electron chi connectivity index (χ3n) is 7.24. The van der Waals surface area contributed by atoms with Gasteiger partial charge >= 0.3 is 5.97 Å². The van der Waals surface area contributed by atoms with Crippen LogP contribution in [-0.4, -0.2) is 59.4 Å².